The van der Waals surface area contributed by atoms with E-state index in [9.17, 15) is 4.79 Å². The summed E-state index contributed by atoms with van der Waals surface area (Å²) in [6.45, 7) is 5.29. The smallest absolute Gasteiger partial charge is 0.222 e. The van der Waals surface area contributed by atoms with Crippen LogP contribution >= 0.6 is 0 Å². The summed E-state index contributed by atoms with van der Waals surface area (Å²) in [5.74, 6) is 1.89. The first-order valence-corrected chi connectivity index (χ1v) is 9.17. The molecule has 0 aliphatic carbocycles. The standard InChI is InChI=1S/C20H23N3O3/c1-13-16(14(2)26-22-13)9-10-19(24)23-11-5-6-15(12-23)20-21-17-7-3-4-8-18(17)25-20/h3-4,7-8,15H,5-6,9-12H2,1-2H3/t15-/m1/s1. The highest BCUT2D eigenvalue weighted by molar-refractivity contribution is 5.77. The monoisotopic (exact) mass is 353 g/mol. The lowest BCUT2D eigenvalue weighted by molar-refractivity contribution is -0.132. The third kappa shape index (κ3) is 3.23. The number of fused-ring (bicyclic) bond motifs is 1. The Kier molecular flexibility index (Phi) is 4.49. The van der Waals surface area contributed by atoms with E-state index in [4.69, 9.17) is 8.94 Å². The molecule has 0 bridgehead atoms. The molecule has 1 aliphatic rings. The molecule has 2 aromatic heterocycles. The van der Waals surface area contributed by atoms with Gasteiger partial charge in [0.05, 0.1) is 11.6 Å². The van der Waals surface area contributed by atoms with Gasteiger partial charge < -0.3 is 13.8 Å². The van der Waals surface area contributed by atoms with Crippen LogP contribution < -0.4 is 0 Å². The Morgan fingerprint density at radius 3 is 2.92 bits per heavy atom. The van der Waals surface area contributed by atoms with Crippen molar-refractivity contribution in [3.8, 4) is 0 Å². The molecule has 0 unspecified atom stereocenters. The Morgan fingerprint density at radius 2 is 2.15 bits per heavy atom. The minimum Gasteiger partial charge on any atom is -0.440 e. The van der Waals surface area contributed by atoms with Crippen LogP contribution in [0.4, 0.5) is 0 Å². The number of carbonyl (C=O) groups excluding carboxylic acids is 1. The van der Waals surface area contributed by atoms with Crippen molar-refractivity contribution in [2.75, 3.05) is 13.1 Å². The topological polar surface area (TPSA) is 72.4 Å². The first-order valence-electron chi connectivity index (χ1n) is 9.17. The molecule has 1 amide bonds. The van der Waals surface area contributed by atoms with E-state index in [1.54, 1.807) is 0 Å². The number of carbonyl (C=O) groups is 1. The molecular formula is C20H23N3O3. The maximum absolute atomic E-state index is 12.7. The number of para-hydroxylation sites is 2. The van der Waals surface area contributed by atoms with E-state index in [1.807, 2.05) is 43.0 Å². The van der Waals surface area contributed by atoms with E-state index in [1.165, 1.54) is 0 Å². The first-order chi connectivity index (χ1) is 12.6. The van der Waals surface area contributed by atoms with Gasteiger partial charge in [-0.25, -0.2) is 4.98 Å². The number of piperidine rings is 1. The van der Waals surface area contributed by atoms with Crippen LogP contribution in [0.2, 0.25) is 0 Å². The molecule has 1 fully saturated rings. The number of rotatable bonds is 4. The fourth-order valence-corrected chi connectivity index (χ4v) is 3.72. The predicted octanol–water partition coefficient (Wildman–Crippen LogP) is 3.77. The molecule has 1 atom stereocenters. The molecule has 4 rings (SSSR count). The van der Waals surface area contributed by atoms with Crippen LogP contribution in [0, 0.1) is 13.8 Å². The zero-order chi connectivity index (χ0) is 18.1. The average molecular weight is 353 g/mol. The molecule has 26 heavy (non-hydrogen) atoms. The highest BCUT2D eigenvalue weighted by atomic mass is 16.5. The minimum atomic E-state index is 0.166. The van der Waals surface area contributed by atoms with Gasteiger partial charge in [-0.15, -0.1) is 0 Å². The average Bonchev–Trinajstić information content (AvgIpc) is 3.23. The largest absolute Gasteiger partial charge is 0.440 e. The van der Waals surface area contributed by atoms with Crippen LogP contribution in [0.1, 0.15) is 48.1 Å². The van der Waals surface area contributed by atoms with Crippen molar-refractivity contribution >= 4 is 17.0 Å². The summed E-state index contributed by atoms with van der Waals surface area (Å²) in [7, 11) is 0. The van der Waals surface area contributed by atoms with Gasteiger partial charge in [-0.3, -0.25) is 4.79 Å². The summed E-state index contributed by atoms with van der Waals surface area (Å²) in [6, 6.07) is 7.79. The van der Waals surface area contributed by atoms with Crippen LogP contribution in [0.3, 0.4) is 0 Å². The molecule has 0 spiro atoms. The Balaban J connectivity index is 1.42. The third-order valence-electron chi connectivity index (χ3n) is 5.20. The molecule has 3 heterocycles. The van der Waals surface area contributed by atoms with Gasteiger partial charge in [0, 0.05) is 25.1 Å². The summed E-state index contributed by atoms with van der Waals surface area (Å²) < 4.78 is 11.1. The van der Waals surface area contributed by atoms with Crippen LogP contribution in [-0.4, -0.2) is 34.0 Å². The SMILES string of the molecule is Cc1noc(C)c1CCC(=O)N1CCC[C@@H](c2nc3ccccc3o2)C1. The van der Waals surface area contributed by atoms with Gasteiger partial charge >= 0.3 is 0 Å². The number of hydrogen-bond acceptors (Lipinski definition) is 5. The Bertz CT molecular complexity index is 875. The number of likely N-dealkylation sites (tertiary alicyclic amines) is 1. The van der Waals surface area contributed by atoms with Crippen molar-refractivity contribution in [3.63, 3.8) is 0 Å². The third-order valence-corrected chi connectivity index (χ3v) is 5.20. The molecule has 3 aromatic rings. The van der Waals surface area contributed by atoms with Crippen molar-refractivity contribution < 1.29 is 13.7 Å². The Morgan fingerprint density at radius 1 is 1.31 bits per heavy atom. The number of nitrogens with zero attached hydrogens (tertiary/aromatic N) is 3. The molecule has 0 saturated carbocycles. The molecular weight excluding hydrogens is 330 g/mol. The maximum Gasteiger partial charge on any atom is 0.222 e. The minimum absolute atomic E-state index is 0.166. The van der Waals surface area contributed by atoms with Crippen molar-refractivity contribution in [2.24, 2.45) is 0 Å². The molecule has 6 heteroatoms. The van der Waals surface area contributed by atoms with Crippen molar-refractivity contribution in [1.29, 1.82) is 0 Å². The number of benzene rings is 1. The van der Waals surface area contributed by atoms with Gasteiger partial charge in [0.15, 0.2) is 11.5 Å². The van der Waals surface area contributed by atoms with Gasteiger partial charge in [-0.05, 0) is 45.2 Å². The fraction of sp³-hybridized carbons (Fsp3) is 0.450. The Hall–Kier alpha value is -2.63. The Labute approximate surface area is 152 Å². The van der Waals surface area contributed by atoms with Crippen LogP contribution in [-0.2, 0) is 11.2 Å². The van der Waals surface area contributed by atoms with Gasteiger partial charge in [0.1, 0.15) is 11.3 Å². The van der Waals surface area contributed by atoms with Crippen molar-refractivity contribution in [3.05, 3.63) is 47.2 Å². The fourth-order valence-electron chi connectivity index (χ4n) is 3.72. The molecule has 6 nitrogen and oxygen atoms in total. The second kappa shape index (κ2) is 6.94. The lowest BCUT2D eigenvalue weighted by Crippen LogP contribution is -2.39. The van der Waals surface area contributed by atoms with E-state index < -0.39 is 0 Å². The summed E-state index contributed by atoms with van der Waals surface area (Å²) in [6.07, 6.45) is 3.12. The molecule has 0 radical (unpaired) electrons. The second-order valence-electron chi connectivity index (χ2n) is 7.00. The summed E-state index contributed by atoms with van der Waals surface area (Å²) in [5, 5.41) is 3.96. The van der Waals surface area contributed by atoms with E-state index in [0.29, 0.717) is 19.4 Å². The van der Waals surface area contributed by atoms with Crippen molar-refractivity contribution in [2.45, 2.75) is 45.4 Å². The molecule has 136 valence electrons. The van der Waals surface area contributed by atoms with E-state index in [2.05, 4.69) is 10.1 Å². The summed E-state index contributed by atoms with van der Waals surface area (Å²) in [5.41, 5.74) is 3.61. The number of aryl methyl sites for hydroxylation is 2. The predicted molar refractivity (Wildman–Crippen MR) is 96.9 cm³/mol. The van der Waals surface area contributed by atoms with Crippen LogP contribution in [0.5, 0.6) is 0 Å². The quantitative estimate of drug-likeness (QED) is 0.714. The van der Waals surface area contributed by atoms with E-state index in [-0.39, 0.29) is 11.8 Å². The van der Waals surface area contributed by atoms with E-state index >= 15 is 0 Å². The van der Waals surface area contributed by atoms with Crippen LogP contribution in [0.15, 0.2) is 33.2 Å². The maximum atomic E-state index is 12.7. The van der Waals surface area contributed by atoms with Gasteiger partial charge in [0.25, 0.3) is 0 Å². The number of amides is 1. The highest BCUT2D eigenvalue weighted by Gasteiger charge is 2.28. The number of aromatic nitrogens is 2. The van der Waals surface area contributed by atoms with Crippen molar-refractivity contribution in [1.82, 2.24) is 15.0 Å². The zero-order valence-electron chi connectivity index (χ0n) is 15.2. The van der Waals surface area contributed by atoms with Gasteiger partial charge in [-0.2, -0.15) is 0 Å². The summed E-state index contributed by atoms with van der Waals surface area (Å²) >= 11 is 0. The first kappa shape index (κ1) is 16.8. The highest BCUT2D eigenvalue weighted by Crippen LogP contribution is 2.29. The normalized spacial score (nSPS) is 17.8. The van der Waals surface area contributed by atoms with Gasteiger partial charge in [0.2, 0.25) is 5.91 Å². The molecule has 0 N–H and O–H groups in total. The van der Waals surface area contributed by atoms with Crippen LogP contribution in [0.25, 0.3) is 11.1 Å². The lowest BCUT2D eigenvalue weighted by Gasteiger charge is -2.31. The zero-order valence-corrected chi connectivity index (χ0v) is 15.2. The number of hydrogen-bond donors (Lipinski definition) is 0. The molecule has 1 saturated heterocycles. The molecule has 1 aromatic carbocycles. The molecule has 1 aliphatic heterocycles. The van der Waals surface area contributed by atoms with E-state index in [0.717, 1.165) is 53.4 Å². The number of oxazole rings is 1. The van der Waals surface area contributed by atoms with Gasteiger partial charge in [-0.1, -0.05) is 17.3 Å². The lowest BCUT2D eigenvalue weighted by atomic mass is 9.97. The second-order valence-corrected chi connectivity index (χ2v) is 7.00. The summed E-state index contributed by atoms with van der Waals surface area (Å²) in [4.78, 5) is 19.2.